The molecule has 3 atom stereocenters. The van der Waals surface area contributed by atoms with Crippen LogP contribution >= 0.6 is 0 Å². The van der Waals surface area contributed by atoms with Crippen LogP contribution in [0.3, 0.4) is 0 Å². The first-order chi connectivity index (χ1) is 7.65. The van der Waals surface area contributed by atoms with Crippen LogP contribution in [0.5, 0.6) is 0 Å². The third-order valence-corrected chi connectivity index (χ3v) is 3.05. The van der Waals surface area contributed by atoms with E-state index in [1.165, 1.54) is 0 Å². The van der Waals surface area contributed by atoms with Crippen molar-refractivity contribution in [3.8, 4) is 0 Å². The maximum absolute atomic E-state index is 11.6. The fourth-order valence-electron chi connectivity index (χ4n) is 1.86. The fourth-order valence-corrected chi connectivity index (χ4v) is 1.86. The predicted molar refractivity (Wildman–Crippen MR) is 64.3 cm³/mol. The van der Waals surface area contributed by atoms with Crippen molar-refractivity contribution in [3.05, 3.63) is 0 Å². The minimum absolute atomic E-state index is 0.000349. The van der Waals surface area contributed by atoms with Crippen molar-refractivity contribution in [3.63, 3.8) is 0 Å². The van der Waals surface area contributed by atoms with Crippen LogP contribution in [-0.4, -0.2) is 37.7 Å². The summed E-state index contributed by atoms with van der Waals surface area (Å²) in [5.41, 5.74) is 0. The molecule has 0 aromatic heterocycles. The van der Waals surface area contributed by atoms with Gasteiger partial charge in [-0.05, 0) is 32.2 Å². The number of hydrogen-bond donors (Lipinski definition) is 2. The molecule has 0 spiro atoms. The summed E-state index contributed by atoms with van der Waals surface area (Å²) in [6, 6.07) is 0. The topological polar surface area (TPSA) is 50.4 Å². The monoisotopic (exact) mass is 228 g/mol. The molecule has 0 aromatic carbocycles. The Labute approximate surface area is 98.1 Å². The van der Waals surface area contributed by atoms with E-state index < -0.39 is 0 Å². The van der Waals surface area contributed by atoms with Gasteiger partial charge in [0.05, 0.1) is 6.10 Å². The minimum atomic E-state index is -0.348. The quantitative estimate of drug-likeness (QED) is 0.735. The maximum atomic E-state index is 11.6. The van der Waals surface area contributed by atoms with E-state index in [4.69, 9.17) is 4.74 Å². The number of rotatable bonds is 5. The summed E-state index contributed by atoms with van der Waals surface area (Å²) in [7, 11) is 0. The van der Waals surface area contributed by atoms with Gasteiger partial charge in [-0.15, -0.1) is 0 Å². The molecular weight excluding hydrogens is 204 g/mol. The van der Waals surface area contributed by atoms with Gasteiger partial charge in [0.1, 0.15) is 6.10 Å². The van der Waals surface area contributed by atoms with Gasteiger partial charge in [-0.25, -0.2) is 0 Å². The summed E-state index contributed by atoms with van der Waals surface area (Å²) < 4.78 is 5.79. The average Bonchev–Trinajstić information content (AvgIpc) is 2.28. The van der Waals surface area contributed by atoms with Crippen LogP contribution in [0.25, 0.3) is 0 Å². The van der Waals surface area contributed by atoms with E-state index in [9.17, 15) is 4.79 Å². The van der Waals surface area contributed by atoms with Crippen LogP contribution in [0.2, 0.25) is 0 Å². The molecule has 0 aromatic rings. The Hall–Kier alpha value is -0.610. The SMILES string of the molecule is CCCNC(=O)C(C)OC1CNCCC1C. The van der Waals surface area contributed by atoms with Gasteiger partial charge in [-0.1, -0.05) is 13.8 Å². The molecule has 16 heavy (non-hydrogen) atoms. The Balaban J connectivity index is 2.31. The molecule has 1 rings (SSSR count). The van der Waals surface area contributed by atoms with E-state index in [2.05, 4.69) is 17.6 Å². The average molecular weight is 228 g/mol. The lowest BCUT2D eigenvalue weighted by atomic mass is 9.97. The Morgan fingerprint density at radius 2 is 2.38 bits per heavy atom. The Morgan fingerprint density at radius 3 is 3.00 bits per heavy atom. The van der Waals surface area contributed by atoms with E-state index in [0.29, 0.717) is 5.92 Å². The predicted octanol–water partition coefficient (Wildman–Crippen LogP) is 0.916. The zero-order valence-electron chi connectivity index (χ0n) is 10.6. The highest BCUT2D eigenvalue weighted by Crippen LogP contribution is 2.16. The third kappa shape index (κ3) is 4.10. The van der Waals surface area contributed by atoms with Gasteiger partial charge in [0, 0.05) is 13.1 Å². The van der Waals surface area contributed by atoms with Gasteiger partial charge >= 0.3 is 0 Å². The second-order valence-electron chi connectivity index (χ2n) is 4.58. The van der Waals surface area contributed by atoms with Crippen molar-refractivity contribution >= 4 is 5.91 Å². The molecule has 0 bridgehead atoms. The summed E-state index contributed by atoms with van der Waals surface area (Å²) in [5.74, 6) is 0.530. The van der Waals surface area contributed by atoms with Crippen LogP contribution in [-0.2, 0) is 9.53 Å². The molecule has 0 aliphatic carbocycles. The van der Waals surface area contributed by atoms with Gasteiger partial charge in [-0.3, -0.25) is 4.79 Å². The first kappa shape index (κ1) is 13.5. The molecule has 1 fully saturated rings. The number of amides is 1. The van der Waals surface area contributed by atoms with Crippen molar-refractivity contribution in [1.82, 2.24) is 10.6 Å². The molecule has 1 aliphatic rings. The molecule has 4 nitrogen and oxygen atoms in total. The smallest absolute Gasteiger partial charge is 0.248 e. The first-order valence-electron chi connectivity index (χ1n) is 6.29. The van der Waals surface area contributed by atoms with E-state index in [1.54, 1.807) is 0 Å². The van der Waals surface area contributed by atoms with Crippen LogP contribution in [0.15, 0.2) is 0 Å². The molecule has 4 heteroatoms. The van der Waals surface area contributed by atoms with Crippen molar-refractivity contribution < 1.29 is 9.53 Å². The Morgan fingerprint density at radius 1 is 1.62 bits per heavy atom. The van der Waals surface area contributed by atoms with Gasteiger partial charge in [0.2, 0.25) is 5.91 Å². The van der Waals surface area contributed by atoms with Gasteiger partial charge in [0.15, 0.2) is 0 Å². The lowest BCUT2D eigenvalue weighted by molar-refractivity contribution is -0.137. The highest BCUT2D eigenvalue weighted by Gasteiger charge is 2.25. The highest BCUT2D eigenvalue weighted by atomic mass is 16.5. The zero-order valence-corrected chi connectivity index (χ0v) is 10.6. The molecule has 1 heterocycles. The lowest BCUT2D eigenvalue weighted by Crippen LogP contribution is -2.45. The number of nitrogens with one attached hydrogen (secondary N) is 2. The molecule has 1 saturated heterocycles. The van der Waals surface area contributed by atoms with Crippen LogP contribution in [0.1, 0.15) is 33.6 Å². The Kier molecular flexibility index (Phi) is 5.77. The van der Waals surface area contributed by atoms with Gasteiger partial charge in [-0.2, -0.15) is 0 Å². The van der Waals surface area contributed by atoms with E-state index in [-0.39, 0.29) is 18.1 Å². The van der Waals surface area contributed by atoms with Crippen molar-refractivity contribution in [2.45, 2.75) is 45.8 Å². The first-order valence-corrected chi connectivity index (χ1v) is 6.29. The Bertz CT molecular complexity index is 221. The number of carbonyl (C=O) groups is 1. The molecule has 0 radical (unpaired) electrons. The molecule has 94 valence electrons. The second kappa shape index (κ2) is 6.86. The fraction of sp³-hybridized carbons (Fsp3) is 0.917. The number of ether oxygens (including phenoxy) is 1. The molecule has 3 unspecified atom stereocenters. The number of piperidine rings is 1. The van der Waals surface area contributed by atoms with Crippen molar-refractivity contribution in [2.24, 2.45) is 5.92 Å². The van der Waals surface area contributed by atoms with E-state index in [1.807, 2.05) is 13.8 Å². The third-order valence-electron chi connectivity index (χ3n) is 3.05. The molecule has 0 saturated carbocycles. The second-order valence-corrected chi connectivity index (χ2v) is 4.58. The minimum Gasteiger partial charge on any atom is -0.364 e. The summed E-state index contributed by atoms with van der Waals surface area (Å²) in [4.78, 5) is 11.6. The number of hydrogen-bond acceptors (Lipinski definition) is 3. The maximum Gasteiger partial charge on any atom is 0.248 e. The van der Waals surface area contributed by atoms with Gasteiger partial charge < -0.3 is 15.4 Å². The van der Waals surface area contributed by atoms with Crippen molar-refractivity contribution in [2.75, 3.05) is 19.6 Å². The molecular formula is C12H24N2O2. The number of carbonyl (C=O) groups excluding carboxylic acids is 1. The van der Waals surface area contributed by atoms with E-state index >= 15 is 0 Å². The van der Waals surface area contributed by atoms with Crippen LogP contribution in [0.4, 0.5) is 0 Å². The summed E-state index contributed by atoms with van der Waals surface area (Å²) in [6.45, 7) is 8.68. The summed E-state index contributed by atoms with van der Waals surface area (Å²) >= 11 is 0. The molecule has 2 N–H and O–H groups in total. The van der Waals surface area contributed by atoms with Crippen LogP contribution in [0, 0.1) is 5.92 Å². The standard InChI is InChI=1S/C12H24N2O2/c1-4-6-14-12(15)10(3)16-11-8-13-7-5-9(11)2/h9-11,13H,4-8H2,1-3H3,(H,14,15). The summed E-state index contributed by atoms with van der Waals surface area (Å²) in [6.07, 6.45) is 1.89. The van der Waals surface area contributed by atoms with Gasteiger partial charge in [0.25, 0.3) is 0 Å². The largest absolute Gasteiger partial charge is 0.364 e. The van der Waals surface area contributed by atoms with Crippen LogP contribution < -0.4 is 10.6 Å². The zero-order chi connectivity index (χ0) is 12.0. The van der Waals surface area contributed by atoms with E-state index in [0.717, 1.165) is 32.5 Å². The summed E-state index contributed by atoms with van der Waals surface area (Å²) in [5, 5.41) is 6.15. The van der Waals surface area contributed by atoms with Crippen molar-refractivity contribution in [1.29, 1.82) is 0 Å². The normalized spacial score (nSPS) is 27.4. The molecule has 1 amide bonds. The lowest BCUT2D eigenvalue weighted by Gasteiger charge is -2.31. The highest BCUT2D eigenvalue weighted by molar-refractivity contribution is 5.80. The molecule has 1 aliphatic heterocycles.